The number of amides is 1. The molecule has 2 rings (SSSR count). The SMILES string of the molecule is CCc1ccc(OCCC(=O)Nc2ccc(C(F)(F)F)cc2)cc1. The molecule has 6 heteroatoms. The van der Waals surface area contributed by atoms with Crippen LogP contribution in [0.15, 0.2) is 48.5 Å². The van der Waals surface area contributed by atoms with Gasteiger partial charge in [-0.25, -0.2) is 0 Å². The number of halogens is 3. The quantitative estimate of drug-likeness (QED) is 0.831. The molecule has 128 valence electrons. The zero-order valence-electron chi connectivity index (χ0n) is 13.2. The summed E-state index contributed by atoms with van der Waals surface area (Å²) in [6.45, 7) is 2.25. The summed E-state index contributed by atoms with van der Waals surface area (Å²) in [6.07, 6.45) is -3.34. The molecule has 0 unspecified atom stereocenters. The lowest BCUT2D eigenvalue weighted by Gasteiger charge is -2.09. The monoisotopic (exact) mass is 337 g/mol. The lowest BCUT2D eigenvalue weighted by molar-refractivity contribution is -0.137. The summed E-state index contributed by atoms with van der Waals surface area (Å²) in [5.41, 5.74) is 0.766. The maximum absolute atomic E-state index is 12.5. The topological polar surface area (TPSA) is 38.3 Å². The van der Waals surface area contributed by atoms with Gasteiger partial charge in [0.2, 0.25) is 5.91 Å². The van der Waals surface area contributed by atoms with Crippen LogP contribution < -0.4 is 10.1 Å². The standard InChI is InChI=1S/C18H18F3NO2/c1-2-13-3-9-16(10-4-13)24-12-11-17(23)22-15-7-5-14(6-8-15)18(19,20)21/h3-10H,2,11-12H2,1H3,(H,22,23). The number of carbonyl (C=O) groups excluding carboxylic acids is 1. The molecule has 0 aliphatic heterocycles. The van der Waals surface area contributed by atoms with Crippen molar-refractivity contribution in [1.82, 2.24) is 0 Å². The van der Waals surface area contributed by atoms with Gasteiger partial charge >= 0.3 is 6.18 Å². The predicted molar refractivity (Wildman–Crippen MR) is 86.0 cm³/mol. The van der Waals surface area contributed by atoms with Gasteiger partial charge in [-0.05, 0) is 48.4 Å². The molecule has 0 fully saturated rings. The summed E-state index contributed by atoms with van der Waals surface area (Å²) >= 11 is 0. The summed E-state index contributed by atoms with van der Waals surface area (Å²) < 4.78 is 42.8. The average molecular weight is 337 g/mol. The Morgan fingerprint density at radius 2 is 1.67 bits per heavy atom. The van der Waals surface area contributed by atoms with Crippen LogP contribution in [0.2, 0.25) is 0 Å². The summed E-state index contributed by atoms with van der Waals surface area (Å²) in [5, 5.41) is 2.54. The molecule has 1 N–H and O–H groups in total. The van der Waals surface area contributed by atoms with E-state index in [4.69, 9.17) is 4.74 Å². The van der Waals surface area contributed by atoms with Crippen LogP contribution >= 0.6 is 0 Å². The van der Waals surface area contributed by atoms with Crippen LogP contribution in [0.5, 0.6) is 5.75 Å². The van der Waals surface area contributed by atoms with Gasteiger partial charge in [0.15, 0.2) is 0 Å². The van der Waals surface area contributed by atoms with E-state index in [9.17, 15) is 18.0 Å². The molecule has 0 aromatic heterocycles. The number of benzene rings is 2. The van der Waals surface area contributed by atoms with Gasteiger partial charge < -0.3 is 10.1 Å². The molecule has 0 saturated heterocycles. The van der Waals surface area contributed by atoms with Crippen LogP contribution in [-0.4, -0.2) is 12.5 Å². The van der Waals surface area contributed by atoms with Gasteiger partial charge in [0.1, 0.15) is 5.75 Å². The van der Waals surface area contributed by atoms with Gasteiger partial charge in [-0.3, -0.25) is 4.79 Å². The van der Waals surface area contributed by atoms with E-state index in [1.807, 2.05) is 24.3 Å². The lowest BCUT2D eigenvalue weighted by atomic mass is 10.2. The maximum Gasteiger partial charge on any atom is 0.416 e. The lowest BCUT2D eigenvalue weighted by Crippen LogP contribution is -2.15. The van der Waals surface area contributed by atoms with Gasteiger partial charge in [0, 0.05) is 5.69 Å². The molecule has 0 spiro atoms. The average Bonchev–Trinajstić information content (AvgIpc) is 2.55. The van der Waals surface area contributed by atoms with Gasteiger partial charge in [-0.1, -0.05) is 19.1 Å². The smallest absolute Gasteiger partial charge is 0.416 e. The molecule has 2 aromatic carbocycles. The van der Waals surface area contributed by atoms with Gasteiger partial charge in [0.25, 0.3) is 0 Å². The minimum atomic E-state index is -4.39. The fraction of sp³-hybridized carbons (Fsp3) is 0.278. The van der Waals surface area contributed by atoms with E-state index in [2.05, 4.69) is 12.2 Å². The molecule has 0 radical (unpaired) electrons. The number of alkyl halides is 3. The van der Waals surface area contributed by atoms with Crippen molar-refractivity contribution in [2.45, 2.75) is 25.9 Å². The van der Waals surface area contributed by atoms with Crippen molar-refractivity contribution in [3.05, 3.63) is 59.7 Å². The normalized spacial score (nSPS) is 11.2. The molecule has 2 aromatic rings. The number of nitrogens with one attached hydrogen (secondary N) is 1. The first kappa shape index (κ1) is 17.8. The highest BCUT2D eigenvalue weighted by Gasteiger charge is 2.29. The molecule has 1 amide bonds. The Hall–Kier alpha value is -2.50. The maximum atomic E-state index is 12.5. The van der Waals surface area contributed by atoms with E-state index in [0.29, 0.717) is 11.4 Å². The van der Waals surface area contributed by atoms with Crippen molar-refractivity contribution in [1.29, 1.82) is 0 Å². The second-order valence-corrected chi connectivity index (χ2v) is 5.22. The van der Waals surface area contributed by atoms with Crippen LogP contribution in [0.4, 0.5) is 18.9 Å². The molecule has 0 aliphatic rings. The molecular formula is C18H18F3NO2. The van der Waals surface area contributed by atoms with E-state index in [1.54, 1.807) is 0 Å². The number of carbonyl (C=O) groups is 1. The van der Waals surface area contributed by atoms with E-state index in [-0.39, 0.29) is 18.9 Å². The van der Waals surface area contributed by atoms with Crippen LogP contribution in [-0.2, 0) is 17.4 Å². The van der Waals surface area contributed by atoms with Crippen molar-refractivity contribution in [2.75, 3.05) is 11.9 Å². The van der Waals surface area contributed by atoms with Crippen LogP contribution in [0.3, 0.4) is 0 Å². The molecule has 0 heterocycles. The second-order valence-electron chi connectivity index (χ2n) is 5.22. The molecule has 24 heavy (non-hydrogen) atoms. The highest BCUT2D eigenvalue weighted by Crippen LogP contribution is 2.29. The Bertz CT molecular complexity index is 664. The van der Waals surface area contributed by atoms with E-state index in [0.717, 1.165) is 18.6 Å². The van der Waals surface area contributed by atoms with E-state index >= 15 is 0 Å². The molecule has 0 atom stereocenters. The van der Waals surface area contributed by atoms with Crippen molar-refractivity contribution in [3.8, 4) is 5.75 Å². The van der Waals surface area contributed by atoms with Gasteiger partial charge in [-0.2, -0.15) is 13.2 Å². The zero-order chi connectivity index (χ0) is 17.6. The summed E-state index contributed by atoms with van der Waals surface area (Å²) in [5.74, 6) is 0.356. The molecule has 0 bridgehead atoms. The number of anilines is 1. The largest absolute Gasteiger partial charge is 0.493 e. The van der Waals surface area contributed by atoms with Crippen molar-refractivity contribution < 1.29 is 22.7 Å². The summed E-state index contributed by atoms with van der Waals surface area (Å²) in [7, 11) is 0. The summed E-state index contributed by atoms with van der Waals surface area (Å²) in [4.78, 5) is 11.8. The molecular weight excluding hydrogens is 319 g/mol. The third kappa shape index (κ3) is 5.30. The van der Waals surface area contributed by atoms with Crippen LogP contribution in [0, 0.1) is 0 Å². The number of ether oxygens (including phenoxy) is 1. The first-order valence-corrected chi connectivity index (χ1v) is 7.57. The Morgan fingerprint density at radius 1 is 1.04 bits per heavy atom. The minimum absolute atomic E-state index is 0.108. The third-order valence-electron chi connectivity index (χ3n) is 3.43. The predicted octanol–water partition coefficient (Wildman–Crippen LogP) is 4.68. The first-order chi connectivity index (χ1) is 11.4. The van der Waals surface area contributed by atoms with Gasteiger partial charge in [0.05, 0.1) is 18.6 Å². The van der Waals surface area contributed by atoms with E-state index in [1.165, 1.54) is 17.7 Å². The minimum Gasteiger partial charge on any atom is -0.493 e. The van der Waals surface area contributed by atoms with Crippen molar-refractivity contribution >= 4 is 11.6 Å². The van der Waals surface area contributed by atoms with Crippen LogP contribution in [0.25, 0.3) is 0 Å². The second kappa shape index (κ2) is 7.86. The number of hydrogen-bond donors (Lipinski definition) is 1. The number of rotatable bonds is 6. The fourth-order valence-corrected chi connectivity index (χ4v) is 2.05. The highest BCUT2D eigenvalue weighted by atomic mass is 19.4. The molecule has 0 aliphatic carbocycles. The van der Waals surface area contributed by atoms with Gasteiger partial charge in [-0.15, -0.1) is 0 Å². The fourth-order valence-electron chi connectivity index (χ4n) is 2.05. The Morgan fingerprint density at radius 3 is 2.21 bits per heavy atom. The number of aryl methyl sites for hydroxylation is 1. The van der Waals surface area contributed by atoms with E-state index < -0.39 is 11.7 Å². The highest BCUT2D eigenvalue weighted by molar-refractivity contribution is 5.90. The van der Waals surface area contributed by atoms with Crippen molar-refractivity contribution in [2.24, 2.45) is 0 Å². The number of hydrogen-bond acceptors (Lipinski definition) is 2. The Balaban J connectivity index is 1.78. The molecule has 0 saturated carbocycles. The Labute approximate surface area is 138 Å². The zero-order valence-corrected chi connectivity index (χ0v) is 13.2. The van der Waals surface area contributed by atoms with Crippen LogP contribution in [0.1, 0.15) is 24.5 Å². The third-order valence-corrected chi connectivity index (χ3v) is 3.43. The summed E-state index contributed by atoms with van der Waals surface area (Å²) in [6, 6.07) is 11.9. The Kier molecular flexibility index (Phi) is 5.84. The van der Waals surface area contributed by atoms with Crippen molar-refractivity contribution in [3.63, 3.8) is 0 Å². The molecule has 3 nitrogen and oxygen atoms in total. The first-order valence-electron chi connectivity index (χ1n) is 7.57.